The van der Waals surface area contributed by atoms with Crippen LogP contribution in [0.5, 0.6) is 17.2 Å². The van der Waals surface area contributed by atoms with Gasteiger partial charge in [0.1, 0.15) is 22.8 Å². The predicted molar refractivity (Wildman–Crippen MR) is 441 cm³/mol. The number of hydrogen-bond donors (Lipinski definition) is 5. The van der Waals surface area contributed by atoms with Crippen molar-refractivity contribution in [3.05, 3.63) is 161 Å². The molecule has 0 fully saturated rings. The lowest BCUT2D eigenvalue weighted by molar-refractivity contribution is 0.414. The van der Waals surface area contributed by atoms with E-state index in [1.807, 2.05) is 133 Å². The number of aromatic hydroxyl groups is 2. The number of nitrogens with one attached hydrogen (secondary N) is 3. The van der Waals surface area contributed by atoms with Crippen molar-refractivity contribution in [2.75, 3.05) is 7.11 Å². The molecule has 0 amide bonds. The van der Waals surface area contributed by atoms with Gasteiger partial charge in [0.05, 0.1) is 37.4 Å². The molecule has 5 N–H and O–H groups in total. The highest BCUT2D eigenvalue weighted by atomic mass is 35.5. The van der Waals surface area contributed by atoms with Crippen LogP contribution in [-0.2, 0) is 6.54 Å². The van der Waals surface area contributed by atoms with Gasteiger partial charge in [-0.3, -0.25) is 9.78 Å². The fourth-order valence-electron chi connectivity index (χ4n) is 7.63. The summed E-state index contributed by atoms with van der Waals surface area (Å²) in [7, 11) is 44.6. The molecule has 5 aromatic carbocycles. The van der Waals surface area contributed by atoms with E-state index in [1.165, 1.54) is 0 Å². The number of rotatable bonds is 20. The number of hydrogen-bond acceptors (Lipinski definition) is 7. The van der Waals surface area contributed by atoms with Gasteiger partial charge < -0.3 is 24.9 Å². The average Bonchev–Trinajstić information content (AvgIpc) is 3.81. The molecule has 0 aliphatic heterocycles. The quantitative estimate of drug-likeness (QED) is 0.0476. The summed E-state index contributed by atoms with van der Waals surface area (Å²) in [5.74, 6) is 1.87. The van der Waals surface area contributed by atoms with Gasteiger partial charge in [-0.05, 0) is 107 Å². The maximum atomic E-state index is 11.2. The Morgan fingerprint density at radius 2 is 1.00 bits per heavy atom. The highest BCUT2D eigenvalue weighted by Crippen LogP contribution is 3.34. The molecular weight excluding hydrogens is 1550 g/mol. The van der Waals surface area contributed by atoms with E-state index in [2.05, 4.69) is 146 Å². The van der Waals surface area contributed by atoms with Crippen LogP contribution in [0.4, 0.5) is 0 Å². The molecule has 38 heteroatoms. The minimum absolute atomic E-state index is 0. The molecule has 4 aromatic heterocycles. The maximum Gasteiger partial charge on any atom is 0.173 e. The van der Waals surface area contributed by atoms with Gasteiger partial charge in [-0.25, -0.2) is 9.97 Å². The first kappa shape index (κ1) is 75.7. The van der Waals surface area contributed by atoms with Crippen molar-refractivity contribution in [3.63, 3.8) is 0 Å². The zero-order valence-corrected chi connectivity index (χ0v) is 70.6. The van der Waals surface area contributed by atoms with Crippen molar-refractivity contribution in [3.8, 4) is 85.3 Å². The van der Waals surface area contributed by atoms with Gasteiger partial charge in [0, 0.05) is 32.3 Å². The molecule has 0 aliphatic carbocycles. The van der Waals surface area contributed by atoms with E-state index in [9.17, 15) is 10.2 Å². The van der Waals surface area contributed by atoms with Gasteiger partial charge in [-0.15, -0.1) is 116 Å². The third-order valence-electron chi connectivity index (χ3n) is 11.2. The summed E-state index contributed by atoms with van der Waals surface area (Å²) in [6.07, 6.45) is 3.37. The van der Waals surface area contributed by atoms with E-state index in [1.54, 1.807) is 24.2 Å². The van der Waals surface area contributed by atoms with Gasteiger partial charge in [-0.1, -0.05) is 148 Å². The third kappa shape index (κ3) is 20.6. The van der Waals surface area contributed by atoms with E-state index < -0.39 is 0 Å². The lowest BCUT2D eigenvalue weighted by Gasteiger charge is -2.49. The van der Waals surface area contributed by atoms with E-state index in [0.29, 0.717) is 51.0 Å². The Bertz CT molecular complexity index is 3410. The summed E-state index contributed by atoms with van der Waals surface area (Å²) in [6.45, 7) is 1.02. The van der Waals surface area contributed by atoms with Crippen LogP contribution in [0.1, 0.15) is 13.0 Å². The molecule has 9 rings (SSSR count). The van der Waals surface area contributed by atoms with Crippen LogP contribution in [0, 0.1) is 0 Å². The number of H-pyrrole nitrogens is 3. The second-order valence-electron chi connectivity index (χ2n) is 16.6. The van der Waals surface area contributed by atoms with E-state index in [4.69, 9.17) is 33.0 Å². The van der Waals surface area contributed by atoms with Crippen LogP contribution in [0.2, 0.25) is 10.0 Å². The highest BCUT2D eigenvalue weighted by Gasteiger charge is 2.46. The minimum atomic E-state index is -0.00868. The molecule has 0 spiro atoms. The largest absolute Gasteiger partial charge is 0.504 e. The van der Waals surface area contributed by atoms with Gasteiger partial charge in [0.15, 0.2) is 28.8 Å². The molecule has 9 aromatic rings. The molecule has 0 bridgehead atoms. The van der Waals surface area contributed by atoms with Crippen LogP contribution in [0.3, 0.4) is 0 Å². The normalized spacial score (nSPS) is 12.5. The fraction of sp³-hybridized carbons (Fsp3) is 0.0667. The van der Waals surface area contributed by atoms with Gasteiger partial charge in [-0.2, -0.15) is 10.2 Å². The Morgan fingerprint density at radius 1 is 0.542 bits per heavy atom. The molecule has 83 heavy (non-hydrogen) atoms. The predicted octanol–water partition coefficient (Wildman–Crippen LogP) is 25.5. The van der Waals surface area contributed by atoms with Gasteiger partial charge in [0.25, 0.3) is 0 Å². The number of aromatic nitrogens is 8. The Balaban J connectivity index is 0.000000203. The molecule has 0 saturated heterocycles. The molecule has 4 heterocycles. The summed E-state index contributed by atoms with van der Waals surface area (Å²) < 4.78 is 7.05. The fourth-order valence-corrected chi connectivity index (χ4v) is 323. The molecule has 442 valence electrons. The van der Waals surface area contributed by atoms with Gasteiger partial charge >= 0.3 is 0 Å². The second-order valence-corrected chi connectivity index (χ2v) is 115. The topological polar surface area (TPSA) is 154 Å². The van der Waals surface area contributed by atoms with E-state index >= 15 is 0 Å². The van der Waals surface area contributed by atoms with Gasteiger partial charge in [0.2, 0.25) is 0 Å². The van der Waals surface area contributed by atoms with Crippen molar-refractivity contribution < 1.29 is 14.9 Å². The van der Waals surface area contributed by atoms with Crippen molar-refractivity contribution in [2.45, 2.75) is 14.0 Å². The summed E-state index contributed by atoms with van der Waals surface area (Å²) in [5.41, 5.74) is 7.84. The average molecular weight is 1610 g/mol. The molecule has 0 aliphatic rings. The summed E-state index contributed by atoms with van der Waals surface area (Å²) in [4.78, 5) is 15.2. The molecule has 16 atom stereocenters. The molecule has 0 saturated carbocycles. The first-order valence-corrected chi connectivity index (χ1v) is 69.0. The number of nitrogens with zero attached hydrogens (tertiary/aromatic N) is 5. The van der Waals surface area contributed by atoms with E-state index in [0.717, 1.165) is 52.9 Å². The van der Waals surface area contributed by atoms with Crippen LogP contribution in [-0.4, -0.2) is 57.2 Å². The zero-order chi connectivity index (χ0) is 59.4. The van der Waals surface area contributed by atoms with Crippen LogP contribution < -0.4 is 4.74 Å². The molecule has 0 radical (unpaired) electrons. The number of ether oxygens (including phenoxy) is 1. The number of benzene rings is 5. The number of methoxy groups -OCH3 is 1. The lowest BCUT2D eigenvalue weighted by atomic mass is 10.1. The standard InChI is InChI=1S/C26H21ClN4O2.C18H13ClN4O.CH4.H27P25/c1-33-19-13-11-17(12-14-19)16-31-24(18-7-3-2-4-8-18)25(32)23(30-31)26-28-15-22(29-26)20-9-5-6-10-21(20)27;19-13-9-5-4-8-12(13)14-10-20-18(21-14)16-17(24)15(22-23-16)11-6-2-1-3-7-11;;1-14-21(15(2)3)24(20(12)13)25(22(16(4)5)17(6)7)23(18(8)9)19(10)11/h2-15,32H,16H2,1H3,(H,28,29);1-10,24H,(H,20,21)(H,22,23);1H4;14H,1-13H2. The first-order valence-electron chi connectivity index (χ1n) is 23.4. The minimum Gasteiger partial charge on any atom is -0.504 e. The number of halogens is 2. The van der Waals surface area contributed by atoms with Crippen molar-refractivity contribution >= 4 is 224 Å². The summed E-state index contributed by atoms with van der Waals surface area (Å²) >= 11 is 12.6. The highest BCUT2D eigenvalue weighted by molar-refractivity contribution is 9.40. The Labute approximate surface area is 541 Å². The zero-order valence-electron chi connectivity index (χ0n) is 43.3. The number of aromatic amines is 3. The van der Waals surface area contributed by atoms with Crippen LogP contribution in [0.25, 0.3) is 68.1 Å². The summed E-state index contributed by atoms with van der Waals surface area (Å²) in [5, 5.41) is 34.7. The Morgan fingerprint density at radius 3 is 1.46 bits per heavy atom. The monoisotopic (exact) mass is 1610 g/mol. The smallest absolute Gasteiger partial charge is 0.173 e. The maximum absolute atomic E-state index is 11.2. The Kier molecular flexibility index (Phi) is 34.4. The van der Waals surface area contributed by atoms with Crippen molar-refractivity contribution in [1.29, 1.82) is 0 Å². The van der Waals surface area contributed by atoms with E-state index in [-0.39, 0.29) is 95.8 Å². The third-order valence-corrected chi connectivity index (χ3v) is 173. The summed E-state index contributed by atoms with van der Waals surface area (Å²) in [6, 6.07) is 42.0. The lowest BCUT2D eigenvalue weighted by Crippen LogP contribution is -2.04. The van der Waals surface area contributed by atoms with Crippen LogP contribution in [0.15, 0.2) is 146 Å². The van der Waals surface area contributed by atoms with Crippen LogP contribution >= 0.6 is 224 Å². The Hall–Kier alpha value is 3.67. The number of imidazole rings is 2. The second kappa shape index (κ2) is 37.7. The van der Waals surface area contributed by atoms with Crippen molar-refractivity contribution in [1.82, 2.24) is 39.9 Å². The molecular formula is C45H65Cl2N8O3P25. The molecule has 11 nitrogen and oxygen atoms in total. The molecule has 16 unspecified atom stereocenters. The van der Waals surface area contributed by atoms with Crippen molar-refractivity contribution in [2.24, 2.45) is 0 Å². The SMILES string of the molecule is C.COc1ccc(Cn2nc(-c3ncc(-c4ccccc4Cl)[nH]3)c(O)c2-c2ccccc2)cc1.Oc1c(-c2ccccc2)n[nH]c1-c1ncc(-c2ccccc2Cl)[nH]1.PPP(P(P)P)P(P(P)P)P(P(P(P)P)P(P)P)P(P(P)P)P(P)P. The first-order chi connectivity index (χ1) is 39.2.